The number of para-hydroxylation sites is 1. The van der Waals surface area contributed by atoms with Crippen molar-refractivity contribution in [3.8, 4) is 11.4 Å². The minimum absolute atomic E-state index is 0.0429. The smallest absolute Gasteiger partial charge is 0.352 e. The molecular weight excluding hydrogens is 432 g/mol. The lowest BCUT2D eigenvalue weighted by atomic mass is 10.1. The molecule has 4 aromatic rings. The normalized spacial score (nSPS) is 11.6. The van der Waals surface area contributed by atoms with Gasteiger partial charge in [-0.3, -0.25) is 14.2 Å². The van der Waals surface area contributed by atoms with Gasteiger partial charge in [0.05, 0.1) is 25.4 Å². The van der Waals surface area contributed by atoms with E-state index in [0.717, 1.165) is 14.8 Å². The molecule has 1 atom stereocenters. The summed E-state index contributed by atoms with van der Waals surface area (Å²) in [5, 5.41) is 6.97. The molecular formula is C26H24N4O4. The van der Waals surface area contributed by atoms with E-state index in [9.17, 15) is 14.4 Å². The second-order valence-electron chi connectivity index (χ2n) is 7.73. The summed E-state index contributed by atoms with van der Waals surface area (Å²) in [5.41, 5.74) is 0.216. The number of hydrogen-bond donors (Lipinski definition) is 1. The highest BCUT2D eigenvalue weighted by molar-refractivity contribution is 5.92. The number of amides is 1. The number of nitrogens with zero attached hydrogens (tertiary/aromatic N) is 3. The Morgan fingerprint density at radius 3 is 2.32 bits per heavy atom. The van der Waals surface area contributed by atoms with Crippen LogP contribution in [0, 0.1) is 0 Å². The lowest BCUT2D eigenvalue weighted by Crippen LogP contribution is -2.46. The van der Waals surface area contributed by atoms with Gasteiger partial charge in [0.2, 0.25) is 5.69 Å². The van der Waals surface area contributed by atoms with Gasteiger partial charge in [0.25, 0.3) is 11.5 Å². The molecule has 0 fully saturated rings. The van der Waals surface area contributed by atoms with Gasteiger partial charge in [0.1, 0.15) is 5.75 Å². The summed E-state index contributed by atoms with van der Waals surface area (Å²) in [6.07, 6.45) is 0. The first-order valence-electron chi connectivity index (χ1n) is 10.8. The zero-order valence-electron chi connectivity index (χ0n) is 18.8. The Kier molecular flexibility index (Phi) is 6.68. The molecule has 0 aliphatic heterocycles. The molecule has 0 spiro atoms. The minimum Gasteiger partial charge on any atom is -0.497 e. The molecule has 4 rings (SSSR count). The molecule has 0 unspecified atom stereocenters. The van der Waals surface area contributed by atoms with Crippen molar-refractivity contribution in [1.82, 2.24) is 19.7 Å². The SMILES string of the molecule is COc1cccc(Cn2c(=O)c(C(=O)N[C@H](C)c3ccccc3)nn(-c3ccccc3)c2=O)c1. The fourth-order valence-electron chi connectivity index (χ4n) is 3.58. The monoisotopic (exact) mass is 456 g/mol. The first kappa shape index (κ1) is 22.7. The zero-order valence-corrected chi connectivity index (χ0v) is 18.8. The van der Waals surface area contributed by atoms with Gasteiger partial charge >= 0.3 is 5.69 Å². The van der Waals surface area contributed by atoms with Crippen molar-refractivity contribution in [2.45, 2.75) is 19.5 Å². The van der Waals surface area contributed by atoms with Crippen molar-refractivity contribution < 1.29 is 9.53 Å². The Morgan fingerprint density at radius 1 is 0.971 bits per heavy atom. The molecule has 0 aliphatic carbocycles. The van der Waals surface area contributed by atoms with Gasteiger partial charge in [0.15, 0.2) is 0 Å². The zero-order chi connectivity index (χ0) is 24.1. The number of hydrogen-bond acceptors (Lipinski definition) is 5. The summed E-state index contributed by atoms with van der Waals surface area (Å²) in [7, 11) is 1.54. The first-order valence-corrected chi connectivity index (χ1v) is 10.8. The van der Waals surface area contributed by atoms with Gasteiger partial charge in [-0.1, -0.05) is 60.7 Å². The summed E-state index contributed by atoms with van der Waals surface area (Å²) in [6, 6.07) is 24.7. The molecule has 0 bridgehead atoms. The third kappa shape index (κ3) is 4.80. The van der Waals surface area contributed by atoms with E-state index >= 15 is 0 Å². The van der Waals surface area contributed by atoms with Crippen molar-refractivity contribution in [3.63, 3.8) is 0 Å². The van der Waals surface area contributed by atoms with Crippen molar-refractivity contribution in [1.29, 1.82) is 0 Å². The van der Waals surface area contributed by atoms with E-state index in [-0.39, 0.29) is 18.3 Å². The summed E-state index contributed by atoms with van der Waals surface area (Å²) in [6.45, 7) is 1.77. The van der Waals surface area contributed by atoms with Crippen LogP contribution in [0.1, 0.15) is 34.6 Å². The largest absolute Gasteiger partial charge is 0.497 e. The molecule has 0 radical (unpaired) electrons. The van der Waals surface area contributed by atoms with E-state index < -0.39 is 17.2 Å². The van der Waals surface area contributed by atoms with Gasteiger partial charge in [-0.15, -0.1) is 0 Å². The fourth-order valence-corrected chi connectivity index (χ4v) is 3.58. The van der Waals surface area contributed by atoms with Crippen LogP contribution in [0.25, 0.3) is 5.69 Å². The Labute approximate surface area is 196 Å². The number of aromatic nitrogens is 3. The van der Waals surface area contributed by atoms with Gasteiger partial charge in [-0.25, -0.2) is 4.79 Å². The highest BCUT2D eigenvalue weighted by Gasteiger charge is 2.22. The second-order valence-corrected chi connectivity index (χ2v) is 7.73. The van der Waals surface area contributed by atoms with Crippen LogP contribution in [0.4, 0.5) is 0 Å². The summed E-state index contributed by atoms with van der Waals surface area (Å²) in [4.78, 5) is 39.7. The van der Waals surface area contributed by atoms with Crippen LogP contribution in [0.15, 0.2) is 94.5 Å². The topological polar surface area (TPSA) is 95.2 Å². The Hall–Kier alpha value is -4.46. The number of benzene rings is 3. The molecule has 1 amide bonds. The van der Waals surface area contributed by atoms with Crippen molar-refractivity contribution in [3.05, 3.63) is 123 Å². The van der Waals surface area contributed by atoms with Crippen LogP contribution in [-0.2, 0) is 6.54 Å². The molecule has 172 valence electrons. The molecule has 8 nitrogen and oxygen atoms in total. The molecule has 8 heteroatoms. The third-order valence-electron chi connectivity index (χ3n) is 5.40. The quantitative estimate of drug-likeness (QED) is 0.461. The van der Waals surface area contributed by atoms with E-state index in [4.69, 9.17) is 4.74 Å². The highest BCUT2D eigenvalue weighted by Crippen LogP contribution is 2.14. The maximum atomic E-state index is 13.3. The van der Waals surface area contributed by atoms with Crippen molar-refractivity contribution in [2.75, 3.05) is 7.11 Å². The summed E-state index contributed by atoms with van der Waals surface area (Å²) >= 11 is 0. The lowest BCUT2D eigenvalue weighted by molar-refractivity contribution is 0.0930. The number of carbonyl (C=O) groups is 1. The predicted molar refractivity (Wildman–Crippen MR) is 129 cm³/mol. The highest BCUT2D eigenvalue weighted by atomic mass is 16.5. The maximum absolute atomic E-state index is 13.3. The molecule has 1 aromatic heterocycles. The number of ether oxygens (including phenoxy) is 1. The van der Waals surface area contributed by atoms with E-state index in [0.29, 0.717) is 17.0 Å². The molecule has 1 heterocycles. The lowest BCUT2D eigenvalue weighted by Gasteiger charge is -2.16. The van der Waals surface area contributed by atoms with E-state index in [1.54, 1.807) is 54.6 Å². The molecule has 3 aromatic carbocycles. The Balaban J connectivity index is 1.79. The second kappa shape index (κ2) is 9.99. The van der Waals surface area contributed by atoms with Crippen LogP contribution in [-0.4, -0.2) is 27.4 Å². The standard InChI is InChI=1S/C26H24N4O4/c1-18(20-11-5-3-6-12-20)27-24(31)23-25(32)29(17-19-10-9-15-22(16-19)34-2)26(33)30(28-23)21-13-7-4-8-14-21/h3-16,18H,17H2,1-2H3,(H,27,31)/t18-/m1/s1. The summed E-state index contributed by atoms with van der Waals surface area (Å²) in [5.74, 6) is -0.0666. The van der Waals surface area contributed by atoms with Gasteiger partial charge in [-0.05, 0) is 42.3 Å². The van der Waals surface area contributed by atoms with Gasteiger partial charge < -0.3 is 10.1 Å². The first-order chi connectivity index (χ1) is 16.5. The van der Waals surface area contributed by atoms with Crippen LogP contribution >= 0.6 is 0 Å². The Morgan fingerprint density at radius 2 is 1.65 bits per heavy atom. The number of methoxy groups -OCH3 is 1. The Bertz CT molecular complexity index is 1410. The average Bonchev–Trinajstić information content (AvgIpc) is 2.87. The van der Waals surface area contributed by atoms with Crippen LogP contribution in [0.2, 0.25) is 0 Å². The fraction of sp³-hybridized carbons (Fsp3) is 0.154. The molecule has 0 saturated carbocycles. The van der Waals surface area contributed by atoms with Crippen LogP contribution < -0.4 is 21.3 Å². The van der Waals surface area contributed by atoms with Crippen LogP contribution in [0.5, 0.6) is 5.75 Å². The average molecular weight is 457 g/mol. The number of carbonyl (C=O) groups excluding carboxylic acids is 1. The van der Waals surface area contributed by atoms with Crippen molar-refractivity contribution in [2.24, 2.45) is 0 Å². The van der Waals surface area contributed by atoms with E-state index in [1.807, 2.05) is 37.3 Å². The minimum atomic E-state index is -0.766. The van der Waals surface area contributed by atoms with Gasteiger partial charge in [0, 0.05) is 0 Å². The van der Waals surface area contributed by atoms with E-state index in [1.165, 1.54) is 7.11 Å². The summed E-state index contributed by atoms with van der Waals surface area (Å²) < 4.78 is 7.33. The third-order valence-corrected chi connectivity index (χ3v) is 5.40. The molecule has 0 aliphatic rings. The predicted octanol–water partition coefficient (Wildman–Crippen LogP) is 2.94. The van der Waals surface area contributed by atoms with E-state index in [2.05, 4.69) is 10.4 Å². The number of nitrogens with one attached hydrogen (secondary N) is 1. The maximum Gasteiger partial charge on any atom is 0.352 e. The van der Waals surface area contributed by atoms with Gasteiger partial charge in [-0.2, -0.15) is 9.78 Å². The van der Waals surface area contributed by atoms with Crippen molar-refractivity contribution >= 4 is 5.91 Å². The molecule has 34 heavy (non-hydrogen) atoms. The molecule has 0 saturated heterocycles. The van der Waals surface area contributed by atoms with Crippen LogP contribution in [0.3, 0.4) is 0 Å². The molecule has 1 N–H and O–H groups in total. The number of rotatable bonds is 7.